The van der Waals surface area contributed by atoms with Gasteiger partial charge in [0.2, 0.25) is 0 Å². The van der Waals surface area contributed by atoms with Crippen LogP contribution in [0.4, 0.5) is 5.82 Å². The second kappa shape index (κ2) is 14.2. The molecule has 1 saturated heterocycles. The lowest BCUT2D eigenvalue weighted by Gasteiger charge is -2.00. The van der Waals surface area contributed by atoms with Crippen molar-refractivity contribution in [1.29, 1.82) is 0 Å². The fraction of sp³-hybridized carbons (Fsp3) is 0.300. The summed E-state index contributed by atoms with van der Waals surface area (Å²) in [5.41, 5.74) is 0.805. The number of aliphatic hydroxyl groups is 2. The minimum absolute atomic E-state index is 0.0278. The number of nitrogens with zero attached hydrogens (tertiary/aromatic N) is 1. The Labute approximate surface area is 164 Å². The number of allylic oxidation sites excluding steroid dienone is 1. The highest BCUT2D eigenvalue weighted by Gasteiger charge is 2.12. The maximum atomic E-state index is 10.9. The topological polar surface area (TPSA) is 117 Å². The Bertz CT molecular complexity index is 752. The fourth-order valence-corrected chi connectivity index (χ4v) is 1.91. The van der Waals surface area contributed by atoms with Crippen LogP contribution in [0.2, 0.25) is 0 Å². The molecule has 1 aliphatic heterocycles. The summed E-state index contributed by atoms with van der Waals surface area (Å²) in [6.07, 6.45) is 5.14. The maximum absolute atomic E-state index is 10.9. The van der Waals surface area contributed by atoms with E-state index in [1.807, 2.05) is 42.5 Å². The predicted molar refractivity (Wildman–Crippen MR) is 109 cm³/mol. The van der Waals surface area contributed by atoms with Gasteiger partial charge in [-0.3, -0.25) is 4.98 Å². The first kappa shape index (κ1) is 23.1. The normalized spacial score (nSPS) is 13.2. The summed E-state index contributed by atoms with van der Waals surface area (Å²) >= 11 is 0. The molecule has 2 aromatic rings. The summed E-state index contributed by atoms with van der Waals surface area (Å²) in [4.78, 5) is 17.1. The number of benzene rings is 1. The first-order chi connectivity index (χ1) is 13.5. The van der Waals surface area contributed by atoms with Gasteiger partial charge in [-0.2, -0.15) is 0 Å². The fourth-order valence-electron chi connectivity index (χ4n) is 1.91. The third-order valence-corrected chi connectivity index (χ3v) is 3.03. The first-order valence-corrected chi connectivity index (χ1v) is 8.70. The van der Waals surface area contributed by atoms with Crippen molar-refractivity contribution in [1.82, 2.24) is 9.97 Å². The van der Waals surface area contributed by atoms with Crippen LogP contribution in [0.15, 0.2) is 65.8 Å². The SMILES string of the molecule is C=C(C)O.O=c1nccc(NC/C=C/c2ccccc2)[nH]1.OCC1OCCO1. The molecule has 8 heteroatoms. The smallest absolute Gasteiger partial charge is 0.346 e. The van der Waals surface area contributed by atoms with Gasteiger partial charge in [-0.15, -0.1) is 0 Å². The van der Waals surface area contributed by atoms with Crippen LogP contribution < -0.4 is 11.0 Å². The minimum atomic E-state index is -0.347. The zero-order chi connectivity index (χ0) is 20.6. The predicted octanol–water partition coefficient (Wildman–Crippen LogP) is 2.32. The van der Waals surface area contributed by atoms with Crippen LogP contribution in [0.5, 0.6) is 0 Å². The molecular weight excluding hydrogens is 362 g/mol. The van der Waals surface area contributed by atoms with Crippen molar-refractivity contribution in [3.05, 3.63) is 77.1 Å². The van der Waals surface area contributed by atoms with Crippen molar-refractivity contribution < 1.29 is 19.7 Å². The summed E-state index contributed by atoms with van der Waals surface area (Å²) in [7, 11) is 0. The standard InChI is InChI=1S/C13H13N3O.C4H8O3.C3H6O/c17-13-15-10-8-12(16-13)14-9-4-7-11-5-2-1-3-6-11;5-3-4-6-1-2-7-4;1-3(2)4/h1-8,10H,9H2,(H2,14,15,16,17);4-5H,1-3H2;4H,1H2,2H3/b7-4+;;. The maximum Gasteiger partial charge on any atom is 0.346 e. The van der Waals surface area contributed by atoms with E-state index in [2.05, 4.69) is 21.9 Å². The number of anilines is 1. The van der Waals surface area contributed by atoms with Crippen molar-refractivity contribution in [2.75, 3.05) is 31.7 Å². The zero-order valence-corrected chi connectivity index (χ0v) is 15.9. The van der Waals surface area contributed by atoms with Gasteiger partial charge in [-0.25, -0.2) is 9.78 Å². The molecule has 0 radical (unpaired) electrons. The third kappa shape index (κ3) is 11.6. The highest BCUT2D eigenvalue weighted by atomic mass is 16.7. The van der Waals surface area contributed by atoms with Gasteiger partial charge in [0.05, 0.1) is 25.6 Å². The van der Waals surface area contributed by atoms with Crippen molar-refractivity contribution in [3.8, 4) is 0 Å². The van der Waals surface area contributed by atoms with Crippen molar-refractivity contribution in [2.24, 2.45) is 0 Å². The van der Waals surface area contributed by atoms with Crippen LogP contribution in [0, 0.1) is 0 Å². The van der Waals surface area contributed by atoms with Crippen LogP contribution in [-0.2, 0) is 9.47 Å². The lowest BCUT2D eigenvalue weighted by Crippen LogP contribution is -2.12. The van der Waals surface area contributed by atoms with Gasteiger partial charge in [0.15, 0.2) is 6.29 Å². The first-order valence-electron chi connectivity index (χ1n) is 8.70. The number of ether oxygens (including phenoxy) is 2. The summed E-state index contributed by atoms with van der Waals surface area (Å²) in [5, 5.41) is 19.3. The number of H-pyrrole nitrogens is 1. The molecule has 0 saturated carbocycles. The largest absolute Gasteiger partial charge is 0.513 e. The summed E-state index contributed by atoms with van der Waals surface area (Å²) in [5.74, 6) is 0.836. The summed E-state index contributed by atoms with van der Waals surface area (Å²) < 4.78 is 9.66. The Hall–Kier alpha value is -2.94. The number of rotatable bonds is 5. The minimum Gasteiger partial charge on any atom is -0.513 e. The molecule has 4 N–H and O–H groups in total. The second-order valence-electron chi connectivity index (χ2n) is 5.57. The van der Waals surface area contributed by atoms with Gasteiger partial charge in [-0.05, 0) is 18.6 Å². The third-order valence-electron chi connectivity index (χ3n) is 3.03. The molecule has 1 fully saturated rings. The van der Waals surface area contributed by atoms with E-state index < -0.39 is 0 Å². The molecule has 0 atom stereocenters. The molecule has 1 aromatic heterocycles. The average Bonchev–Trinajstić information content (AvgIpc) is 3.20. The number of nitrogens with one attached hydrogen (secondary N) is 2. The molecule has 2 heterocycles. The quantitative estimate of drug-likeness (QED) is 0.580. The van der Waals surface area contributed by atoms with Gasteiger partial charge in [0, 0.05) is 12.7 Å². The zero-order valence-electron chi connectivity index (χ0n) is 15.9. The monoisotopic (exact) mass is 389 g/mol. The van der Waals surface area contributed by atoms with E-state index >= 15 is 0 Å². The molecule has 0 spiro atoms. The van der Waals surface area contributed by atoms with Crippen LogP contribution in [-0.4, -0.2) is 52.8 Å². The molecule has 28 heavy (non-hydrogen) atoms. The highest BCUT2D eigenvalue weighted by molar-refractivity contribution is 5.49. The molecule has 0 unspecified atom stereocenters. The molecule has 0 bridgehead atoms. The second-order valence-corrected chi connectivity index (χ2v) is 5.57. The van der Waals surface area contributed by atoms with E-state index in [1.165, 1.54) is 13.1 Å². The van der Waals surface area contributed by atoms with Crippen LogP contribution in [0.25, 0.3) is 6.08 Å². The lowest BCUT2D eigenvalue weighted by atomic mass is 10.2. The Morgan fingerprint density at radius 1 is 1.32 bits per heavy atom. The van der Waals surface area contributed by atoms with Crippen molar-refractivity contribution in [3.63, 3.8) is 0 Å². The van der Waals surface area contributed by atoms with E-state index in [-0.39, 0.29) is 24.3 Å². The van der Waals surface area contributed by atoms with Crippen molar-refractivity contribution >= 4 is 11.9 Å². The Morgan fingerprint density at radius 2 is 1.96 bits per heavy atom. The Kier molecular flexibility index (Phi) is 11.7. The number of aromatic nitrogens is 2. The number of aromatic amines is 1. The Balaban J connectivity index is 0.000000293. The van der Waals surface area contributed by atoms with E-state index in [0.29, 0.717) is 25.6 Å². The summed E-state index contributed by atoms with van der Waals surface area (Å²) in [6.45, 7) is 6.49. The average molecular weight is 389 g/mol. The van der Waals surface area contributed by atoms with Gasteiger partial charge in [0.1, 0.15) is 5.82 Å². The molecule has 8 nitrogen and oxygen atoms in total. The van der Waals surface area contributed by atoms with E-state index in [1.54, 1.807) is 6.07 Å². The van der Waals surface area contributed by atoms with Gasteiger partial charge < -0.3 is 25.0 Å². The molecule has 152 valence electrons. The number of hydrogen-bond donors (Lipinski definition) is 4. The van der Waals surface area contributed by atoms with Gasteiger partial charge in [0.25, 0.3) is 0 Å². The van der Waals surface area contributed by atoms with Crippen LogP contribution in [0.3, 0.4) is 0 Å². The van der Waals surface area contributed by atoms with Gasteiger partial charge >= 0.3 is 5.69 Å². The van der Waals surface area contributed by atoms with E-state index in [0.717, 1.165) is 5.56 Å². The number of hydrogen-bond acceptors (Lipinski definition) is 7. The van der Waals surface area contributed by atoms with Gasteiger partial charge in [-0.1, -0.05) is 49.1 Å². The Morgan fingerprint density at radius 3 is 2.50 bits per heavy atom. The van der Waals surface area contributed by atoms with Crippen LogP contribution >= 0.6 is 0 Å². The molecular formula is C20H27N3O5. The lowest BCUT2D eigenvalue weighted by molar-refractivity contribution is -0.0747. The highest BCUT2D eigenvalue weighted by Crippen LogP contribution is 2.01. The van der Waals surface area contributed by atoms with Crippen LogP contribution in [0.1, 0.15) is 12.5 Å². The number of aliphatic hydroxyl groups excluding tert-OH is 2. The molecule has 1 aliphatic rings. The molecule has 1 aromatic carbocycles. The molecule has 3 rings (SSSR count). The van der Waals surface area contributed by atoms with E-state index in [4.69, 9.17) is 19.7 Å². The summed E-state index contributed by atoms with van der Waals surface area (Å²) in [6, 6.07) is 11.8. The molecule has 0 amide bonds. The molecule has 0 aliphatic carbocycles. The van der Waals surface area contributed by atoms with E-state index in [9.17, 15) is 4.79 Å². The van der Waals surface area contributed by atoms with Crippen molar-refractivity contribution in [2.45, 2.75) is 13.2 Å².